The minimum absolute atomic E-state index is 0.507. The van der Waals surface area contributed by atoms with Crippen LogP contribution in [0.25, 0.3) is 0 Å². The SMILES string of the molecule is CC(C)C(C)N(C)C1CCC(C(C)(C)C)CC1. The van der Waals surface area contributed by atoms with E-state index in [0.717, 1.165) is 17.9 Å². The Hall–Kier alpha value is -0.0400. The van der Waals surface area contributed by atoms with Crippen molar-refractivity contribution >= 4 is 0 Å². The molecule has 0 spiro atoms. The molecular formula is C16H33N. The summed E-state index contributed by atoms with van der Waals surface area (Å²) in [7, 11) is 2.33. The maximum absolute atomic E-state index is 2.63. The summed E-state index contributed by atoms with van der Waals surface area (Å²) in [6.07, 6.45) is 5.64. The maximum atomic E-state index is 2.63. The fourth-order valence-corrected chi connectivity index (χ4v) is 3.15. The predicted octanol–water partition coefficient (Wildman–Crippen LogP) is 4.57. The van der Waals surface area contributed by atoms with E-state index in [4.69, 9.17) is 0 Å². The molecule has 0 aromatic carbocycles. The lowest BCUT2D eigenvalue weighted by molar-refractivity contribution is 0.0765. The molecule has 1 aliphatic carbocycles. The average Bonchev–Trinajstić information content (AvgIpc) is 2.26. The van der Waals surface area contributed by atoms with E-state index in [2.05, 4.69) is 53.5 Å². The molecule has 1 unspecified atom stereocenters. The van der Waals surface area contributed by atoms with E-state index in [1.807, 2.05) is 0 Å². The van der Waals surface area contributed by atoms with Crippen molar-refractivity contribution in [3.8, 4) is 0 Å². The second-order valence-electron chi connectivity index (χ2n) is 7.52. The van der Waals surface area contributed by atoms with Gasteiger partial charge in [0.25, 0.3) is 0 Å². The third-order valence-electron chi connectivity index (χ3n) is 5.10. The highest BCUT2D eigenvalue weighted by molar-refractivity contribution is 4.85. The van der Waals surface area contributed by atoms with E-state index >= 15 is 0 Å². The molecule has 1 rings (SSSR count). The number of nitrogens with zero attached hydrogens (tertiary/aromatic N) is 1. The highest BCUT2D eigenvalue weighted by atomic mass is 15.2. The normalized spacial score (nSPS) is 28.8. The minimum Gasteiger partial charge on any atom is -0.300 e. The van der Waals surface area contributed by atoms with Crippen molar-refractivity contribution < 1.29 is 0 Å². The average molecular weight is 239 g/mol. The first kappa shape index (κ1) is 15.0. The van der Waals surface area contributed by atoms with Crippen LogP contribution in [-0.2, 0) is 0 Å². The van der Waals surface area contributed by atoms with Gasteiger partial charge in [-0.1, -0.05) is 34.6 Å². The topological polar surface area (TPSA) is 3.24 Å². The first-order chi connectivity index (χ1) is 7.73. The monoisotopic (exact) mass is 239 g/mol. The number of hydrogen-bond acceptors (Lipinski definition) is 1. The van der Waals surface area contributed by atoms with Gasteiger partial charge < -0.3 is 4.90 Å². The Morgan fingerprint density at radius 2 is 1.41 bits per heavy atom. The molecule has 0 N–H and O–H groups in total. The Bertz CT molecular complexity index is 218. The Morgan fingerprint density at radius 1 is 0.941 bits per heavy atom. The number of rotatable bonds is 3. The molecule has 1 atom stereocenters. The summed E-state index contributed by atoms with van der Waals surface area (Å²) in [5.74, 6) is 1.70. The van der Waals surface area contributed by atoms with Crippen molar-refractivity contribution in [1.29, 1.82) is 0 Å². The molecule has 1 aliphatic rings. The molecule has 0 bridgehead atoms. The second-order valence-corrected chi connectivity index (χ2v) is 7.52. The fraction of sp³-hybridized carbons (Fsp3) is 1.00. The van der Waals surface area contributed by atoms with Gasteiger partial charge in [-0.3, -0.25) is 0 Å². The van der Waals surface area contributed by atoms with Gasteiger partial charge in [-0.05, 0) is 56.9 Å². The van der Waals surface area contributed by atoms with Crippen LogP contribution in [0.4, 0.5) is 0 Å². The fourth-order valence-electron chi connectivity index (χ4n) is 3.15. The molecule has 0 amide bonds. The largest absolute Gasteiger partial charge is 0.300 e. The van der Waals surface area contributed by atoms with Crippen LogP contribution >= 0.6 is 0 Å². The Labute approximate surface area is 109 Å². The summed E-state index contributed by atoms with van der Waals surface area (Å²) in [4.78, 5) is 2.63. The molecule has 1 nitrogen and oxygen atoms in total. The Morgan fingerprint density at radius 3 is 1.76 bits per heavy atom. The van der Waals surface area contributed by atoms with Crippen LogP contribution in [0, 0.1) is 17.3 Å². The van der Waals surface area contributed by atoms with Gasteiger partial charge in [-0.25, -0.2) is 0 Å². The van der Waals surface area contributed by atoms with E-state index in [1.165, 1.54) is 25.7 Å². The predicted molar refractivity (Wildman–Crippen MR) is 77.3 cm³/mol. The van der Waals surface area contributed by atoms with Crippen molar-refractivity contribution in [2.75, 3.05) is 7.05 Å². The zero-order valence-corrected chi connectivity index (χ0v) is 13.1. The number of hydrogen-bond donors (Lipinski definition) is 0. The van der Waals surface area contributed by atoms with E-state index in [0.29, 0.717) is 11.5 Å². The van der Waals surface area contributed by atoms with Crippen LogP contribution in [0.15, 0.2) is 0 Å². The quantitative estimate of drug-likeness (QED) is 0.697. The van der Waals surface area contributed by atoms with Crippen LogP contribution in [-0.4, -0.2) is 24.0 Å². The van der Waals surface area contributed by atoms with Crippen molar-refractivity contribution in [3.05, 3.63) is 0 Å². The minimum atomic E-state index is 0.507. The Balaban J connectivity index is 2.47. The van der Waals surface area contributed by atoms with Crippen molar-refractivity contribution in [2.45, 2.75) is 79.3 Å². The smallest absolute Gasteiger partial charge is 0.00953 e. The molecule has 0 aromatic heterocycles. The molecule has 17 heavy (non-hydrogen) atoms. The van der Waals surface area contributed by atoms with Crippen molar-refractivity contribution in [3.63, 3.8) is 0 Å². The third-order valence-corrected chi connectivity index (χ3v) is 5.10. The van der Waals surface area contributed by atoms with Crippen LogP contribution in [0.1, 0.15) is 67.2 Å². The first-order valence-corrected chi connectivity index (χ1v) is 7.45. The summed E-state index contributed by atoms with van der Waals surface area (Å²) in [5, 5.41) is 0. The molecule has 0 heterocycles. The lowest BCUT2D eigenvalue weighted by Crippen LogP contribution is -2.44. The summed E-state index contributed by atoms with van der Waals surface area (Å²) >= 11 is 0. The highest BCUT2D eigenvalue weighted by Crippen LogP contribution is 2.39. The first-order valence-electron chi connectivity index (χ1n) is 7.45. The zero-order chi connectivity index (χ0) is 13.2. The highest BCUT2D eigenvalue weighted by Gasteiger charge is 2.32. The Kier molecular flexibility index (Phi) is 5.07. The van der Waals surface area contributed by atoms with E-state index in [-0.39, 0.29) is 0 Å². The van der Waals surface area contributed by atoms with Gasteiger partial charge in [-0.15, -0.1) is 0 Å². The molecule has 1 saturated carbocycles. The van der Waals surface area contributed by atoms with Gasteiger partial charge in [0.05, 0.1) is 0 Å². The van der Waals surface area contributed by atoms with Crippen molar-refractivity contribution in [2.24, 2.45) is 17.3 Å². The molecule has 0 aromatic rings. The molecule has 0 radical (unpaired) electrons. The molecule has 0 aliphatic heterocycles. The van der Waals surface area contributed by atoms with Gasteiger partial charge >= 0.3 is 0 Å². The summed E-state index contributed by atoms with van der Waals surface area (Å²) in [5.41, 5.74) is 0.507. The van der Waals surface area contributed by atoms with E-state index in [1.54, 1.807) is 0 Å². The van der Waals surface area contributed by atoms with E-state index in [9.17, 15) is 0 Å². The van der Waals surface area contributed by atoms with Crippen molar-refractivity contribution in [1.82, 2.24) is 4.90 Å². The molecule has 1 heteroatoms. The van der Waals surface area contributed by atoms with Crippen LogP contribution < -0.4 is 0 Å². The van der Waals surface area contributed by atoms with Crippen LogP contribution in [0.3, 0.4) is 0 Å². The van der Waals surface area contributed by atoms with Crippen LogP contribution in [0.2, 0.25) is 0 Å². The van der Waals surface area contributed by atoms with Gasteiger partial charge in [0, 0.05) is 12.1 Å². The summed E-state index contributed by atoms with van der Waals surface area (Å²) in [6.45, 7) is 14.2. The second kappa shape index (κ2) is 5.73. The third kappa shape index (κ3) is 3.98. The lowest BCUT2D eigenvalue weighted by atomic mass is 9.71. The van der Waals surface area contributed by atoms with Crippen LogP contribution in [0.5, 0.6) is 0 Å². The molecular weight excluding hydrogens is 206 g/mol. The standard InChI is InChI=1S/C16H33N/c1-12(2)13(3)17(7)15-10-8-14(9-11-15)16(4,5)6/h12-15H,8-11H2,1-7H3. The van der Waals surface area contributed by atoms with Gasteiger partial charge in [0.1, 0.15) is 0 Å². The maximum Gasteiger partial charge on any atom is 0.00953 e. The summed E-state index contributed by atoms with van der Waals surface area (Å²) in [6, 6.07) is 1.54. The zero-order valence-electron chi connectivity index (χ0n) is 13.1. The summed E-state index contributed by atoms with van der Waals surface area (Å²) < 4.78 is 0. The van der Waals surface area contributed by atoms with Gasteiger partial charge in [-0.2, -0.15) is 0 Å². The van der Waals surface area contributed by atoms with Gasteiger partial charge in [0.2, 0.25) is 0 Å². The lowest BCUT2D eigenvalue weighted by Gasteiger charge is -2.42. The van der Waals surface area contributed by atoms with Gasteiger partial charge in [0.15, 0.2) is 0 Å². The molecule has 102 valence electrons. The van der Waals surface area contributed by atoms with E-state index < -0.39 is 0 Å². The molecule has 0 saturated heterocycles. The molecule has 1 fully saturated rings.